The molecule has 0 bridgehead atoms. The molecule has 176 valence electrons. The fraction of sp³-hybridized carbons (Fsp3) is 0.304. The molecule has 34 heavy (non-hydrogen) atoms. The second kappa shape index (κ2) is 8.32. The molecule has 0 radical (unpaired) electrons. The zero-order valence-electron chi connectivity index (χ0n) is 18.6. The van der Waals surface area contributed by atoms with Crippen LogP contribution >= 0.6 is 0 Å². The molecule has 2 aliphatic heterocycles. The highest BCUT2D eigenvalue weighted by atomic mass is 19.1. The summed E-state index contributed by atoms with van der Waals surface area (Å²) < 4.78 is 20.7. The summed E-state index contributed by atoms with van der Waals surface area (Å²) in [6, 6.07) is 4.00. The number of pyridine rings is 2. The van der Waals surface area contributed by atoms with Gasteiger partial charge in [0, 0.05) is 55.6 Å². The maximum atomic E-state index is 15.1. The first-order chi connectivity index (χ1) is 16.4. The van der Waals surface area contributed by atoms with Gasteiger partial charge in [-0.15, -0.1) is 0 Å². The summed E-state index contributed by atoms with van der Waals surface area (Å²) in [4.78, 5) is 35.0. The van der Waals surface area contributed by atoms with Gasteiger partial charge in [-0.3, -0.25) is 4.90 Å². The Kier molecular flexibility index (Phi) is 5.31. The van der Waals surface area contributed by atoms with Gasteiger partial charge in [-0.1, -0.05) is 0 Å². The van der Waals surface area contributed by atoms with Gasteiger partial charge in [0.1, 0.15) is 23.9 Å². The number of carbonyl (C=O) groups is 2. The van der Waals surface area contributed by atoms with Gasteiger partial charge in [-0.2, -0.15) is 0 Å². The lowest BCUT2D eigenvalue weighted by Gasteiger charge is -2.43. The number of urea groups is 1. The van der Waals surface area contributed by atoms with E-state index in [-0.39, 0.29) is 24.9 Å². The average molecular weight is 466 g/mol. The van der Waals surface area contributed by atoms with Crippen LogP contribution in [0.4, 0.5) is 25.5 Å². The van der Waals surface area contributed by atoms with Crippen molar-refractivity contribution in [2.45, 2.75) is 13.0 Å². The average Bonchev–Trinajstić information content (AvgIpc) is 2.80. The molecule has 11 heteroatoms. The van der Waals surface area contributed by atoms with Crippen LogP contribution in [0.2, 0.25) is 0 Å². The van der Waals surface area contributed by atoms with E-state index in [9.17, 15) is 14.7 Å². The molecule has 0 unspecified atom stereocenters. The first-order valence-corrected chi connectivity index (χ1v) is 10.8. The number of nitrogens with one attached hydrogen (secondary N) is 2. The molecule has 0 aliphatic carbocycles. The van der Waals surface area contributed by atoms with E-state index < -0.39 is 18.0 Å². The van der Waals surface area contributed by atoms with Gasteiger partial charge in [-0.05, 0) is 36.1 Å². The van der Waals surface area contributed by atoms with E-state index in [1.54, 1.807) is 18.3 Å². The highest BCUT2D eigenvalue weighted by Crippen LogP contribution is 2.37. The number of benzene rings is 1. The van der Waals surface area contributed by atoms with E-state index >= 15 is 4.39 Å². The molecule has 0 saturated carbocycles. The number of anilines is 2. The number of likely N-dealkylation sites (tertiary alicyclic amines) is 1. The monoisotopic (exact) mass is 466 g/mol. The van der Waals surface area contributed by atoms with Crippen molar-refractivity contribution in [3.05, 3.63) is 42.0 Å². The lowest BCUT2D eigenvalue weighted by Crippen LogP contribution is -2.64. The predicted octanol–water partition coefficient (Wildman–Crippen LogP) is 3.06. The third-order valence-corrected chi connectivity index (χ3v) is 6.21. The second-order valence-corrected chi connectivity index (χ2v) is 8.24. The van der Waals surface area contributed by atoms with Crippen molar-refractivity contribution in [1.82, 2.24) is 20.2 Å². The topological polar surface area (TPSA) is 120 Å². The van der Waals surface area contributed by atoms with Crippen LogP contribution < -0.4 is 20.3 Å². The van der Waals surface area contributed by atoms with Crippen LogP contribution in [0.3, 0.4) is 0 Å². The Hall–Kier alpha value is -4.15. The van der Waals surface area contributed by atoms with Crippen molar-refractivity contribution < 1.29 is 23.8 Å². The first kappa shape index (κ1) is 21.7. The summed E-state index contributed by atoms with van der Waals surface area (Å²) in [6.45, 7) is 3.55. The number of carbonyl (C=O) groups excluding carboxylic acids is 1. The van der Waals surface area contributed by atoms with Gasteiger partial charge in [0.05, 0.1) is 6.04 Å². The normalized spacial score (nSPS) is 15.1. The zero-order valence-corrected chi connectivity index (χ0v) is 18.6. The molecule has 2 aliphatic rings. The molecular weight excluding hydrogens is 443 g/mol. The Labute approximate surface area is 194 Å². The Morgan fingerprint density at radius 2 is 2.00 bits per heavy atom. The van der Waals surface area contributed by atoms with Gasteiger partial charge in [0.15, 0.2) is 0 Å². The molecule has 0 atom stereocenters. The largest absolute Gasteiger partial charge is 0.474 e. The Bertz CT molecular complexity index is 1310. The van der Waals surface area contributed by atoms with E-state index in [0.29, 0.717) is 40.9 Å². The standard InChI is InChI=1S/C23H23FN6O4/c1-12-17(9-28-21-20(12)26-3-4-34-21)16-5-13-7-19(27-8-14(13)6-18(16)24)30(23(32)33)15-10-29(11-15)22(31)25-2/h5-9,15,26H,3-4,10-11H2,1-2H3,(H,25,31)(H,32,33). The number of amides is 3. The van der Waals surface area contributed by atoms with E-state index in [0.717, 1.165) is 16.2 Å². The molecule has 3 aromatic rings. The molecule has 3 amide bonds. The van der Waals surface area contributed by atoms with Gasteiger partial charge in [0.2, 0.25) is 5.88 Å². The zero-order chi connectivity index (χ0) is 24.0. The number of rotatable bonds is 3. The minimum Gasteiger partial charge on any atom is -0.474 e. The van der Waals surface area contributed by atoms with Gasteiger partial charge in [0.25, 0.3) is 0 Å². The van der Waals surface area contributed by atoms with Gasteiger partial charge < -0.3 is 25.4 Å². The van der Waals surface area contributed by atoms with E-state index in [1.807, 2.05) is 6.92 Å². The molecule has 1 fully saturated rings. The summed E-state index contributed by atoms with van der Waals surface area (Å²) >= 11 is 0. The summed E-state index contributed by atoms with van der Waals surface area (Å²) in [5.41, 5.74) is 2.51. The molecule has 1 aromatic carbocycles. The number of halogens is 1. The molecule has 10 nitrogen and oxygen atoms in total. The van der Waals surface area contributed by atoms with Gasteiger partial charge >= 0.3 is 12.1 Å². The number of fused-ring (bicyclic) bond motifs is 2. The van der Waals surface area contributed by atoms with Crippen LogP contribution in [-0.2, 0) is 0 Å². The fourth-order valence-electron chi connectivity index (χ4n) is 4.37. The Balaban J connectivity index is 1.52. The van der Waals surface area contributed by atoms with Crippen molar-refractivity contribution in [1.29, 1.82) is 0 Å². The number of carboxylic acid groups (broad SMARTS) is 1. The van der Waals surface area contributed by atoms with Gasteiger partial charge in [-0.25, -0.2) is 23.9 Å². The molecular formula is C23H23FN6O4. The van der Waals surface area contributed by atoms with Crippen LogP contribution in [-0.4, -0.2) is 71.4 Å². The van der Waals surface area contributed by atoms with Crippen molar-refractivity contribution in [3.8, 4) is 17.0 Å². The van der Waals surface area contributed by atoms with Crippen molar-refractivity contribution in [2.75, 3.05) is 43.5 Å². The molecule has 2 aromatic heterocycles. The van der Waals surface area contributed by atoms with Crippen LogP contribution in [0.15, 0.2) is 30.6 Å². The summed E-state index contributed by atoms with van der Waals surface area (Å²) in [5.74, 6) is 0.275. The Morgan fingerprint density at radius 1 is 1.21 bits per heavy atom. The first-order valence-electron chi connectivity index (χ1n) is 10.8. The quantitative estimate of drug-likeness (QED) is 0.543. The fourth-order valence-corrected chi connectivity index (χ4v) is 4.37. The van der Waals surface area contributed by atoms with Crippen molar-refractivity contribution in [3.63, 3.8) is 0 Å². The summed E-state index contributed by atoms with van der Waals surface area (Å²) in [5, 5.41) is 16.8. The number of aromatic nitrogens is 2. The molecule has 3 N–H and O–H groups in total. The smallest absolute Gasteiger partial charge is 0.413 e. The predicted molar refractivity (Wildman–Crippen MR) is 124 cm³/mol. The maximum Gasteiger partial charge on any atom is 0.413 e. The van der Waals surface area contributed by atoms with E-state index in [1.165, 1.54) is 24.2 Å². The number of hydrogen-bond acceptors (Lipinski definition) is 6. The van der Waals surface area contributed by atoms with E-state index in [2.05, 4.69) is 20.6 Å². The number of nitrogens with zero attached hydrogens (tertiary/aromatic N) is 4. The van der Waals surface area contributed by atoms with Crippen molar-refractivity contribution >= 4 is 34.4 Å². The van der Waals surface area contributed by atoms with Crippen LogP contribution in [0.1, 0.15) is 5.56 Å². The maximum absolute atomic E-state index is 15.1. The summed E-state index contributed by atoms with van der Waals surface area (Å²) in [6.07, 6.45) is 1.87. The third-order valence-electron chi connectivity index (χ3n) is 6.21. The molecule has 1 saturated heterocycles. The SMILES string of the molecule is CNC(=O)N1CC(N(C(=O)O)c2cc3cc(-c4cnc5c(c4C)NCCO5)c(F)cc3cn2)C1. The highest BCUT2D eigenvalue weighted by Gasteiger charge is 2.38. The van der Waals surface area contributed by atoms with Crippen LogP contribution in [0.5, 0.6) is 5.88 Å². The van der Waals surface area contributed by atoms with Crippen molar-refractivity contribution in [2.24, 2.45) is 0 Å². The number of ether oxygens (including phenoxy) is 1. The molecule has 4 heterocycles. The van der Waals surface area contributed by atoms with E-state index in [4.69, 9.17) is 4.74 Å². The minimum absolute atomic E-state index is 0.217. The minimum atomic E-state index is -1.17. The second-order valence-electron chi connectivity index (χ2n) is 8.24. The van der Waals surface area contributed by atoms with Crippen LogP contribution in [0.25, 0.3) is 21.9 Å². The lowest BCUT2D eigenvalue weighted by atomic mass is 9.98. The molecule has 5 rings (SSSR count). The summed E-state index contributed by atoms with van der Waals surface area (Å²) in [7, 11) is 1.52. The third kappa shape index (κ3) is 3.58. The lowest BCUT2D eigenvalue weighted by molar-refractivity contribution is 0.143. The number of hydrogen-bond donors (Lipinski definition) is 3. The molecule has 0 spiro atoms. The Morgan fingerprint density at radius 3 is 2.74 bits per heavy atom. The highest BCUT2D eigenvalue weighted by molar-refractivity contribution is 5.93. The van der Waals surface area contributed by atoms with Crippen LogP contribution in [0, 0.1) is 12.7 Å².